The molecule has 1 saturated carbocycles. The van der Waals surface area contributed by atoms with Gasteiger partial charge in [0.1, 0.15) is 11.6 Å². The molecule has 1 aliphatic carbocycles. The van der Waals surface area contributed by atoms with E-state index in [2.05, 4.69) is 15.3 Å². The van der Waals surface area contributed by atoms with E-state index in [1.165, 1.54) is 6.42 Å². The maximum Gasteiger partial charge on any atom is 0.130 e. The highest BCUT2D eigenvalue weighted by Crippen LogP contribution is 2.34. The number of anilines is 1. The standard InChI is InChI=1S/C12H19N3O/c1-9-7-11(15-10(2)14-9)13-8-12(16-3)5-4-6-12/h7H,4-6,8H2,1-3H3,(H,13,14,15). The van der Waals surface area contributed by atoms with Gasteiger partial charge in [-0.25, -0.2) is 9.97 Å². The number of hydrogen-bond acceptors (Lipinski definition) is 4. The maximum atomic E-state index is 5.55. The fourth-order valence-corrected chi connectivity index (χ4v) is 2.08. The van der Waals surface area contributed by atoms with Crippen LogP contribution in [0.1, 0.15) is 30.8 Å². The van der Waals surface area contributed by atoms with Crippen LogP contribution in [0.2, 0.25) is 0 Å². The zero-order valence-corrected chi connectivity index (χ0v) is 10.2. The highest BCUT2D eigenvalue weighted by Gasteiger charge is 2.36. The molecular weight excluding hydrogens is 202 g/mol. The summed E-state index contributed by atoms with van der Waals surface area (Å²) in [6, 6.07) is 1.97. The average molecular weight is 221 g/mol. The first kappa shape index (κ1) is 11.3. The van der Waals surface area contributed by atoms with E-state index in [1.807, 2.05) is 19.9 Å². The topological polar surface area (TPSA) is 47.0 Å². The second kappa shape index (κ2) is 4.37. The Labute approximate surface area is 96.4 Å². The van der Waals surface area contributed by atoms with Gasteiger partial charge in [-0.2, -0.15) is 0 Å². The van der Waals surface area contributed by atoms with E-state index in [9.17, 15) is 0 Å². The highest BCUT2D eigenvalue weighted by atomic mass is 16.5. The van der Waals surface area contributed by atoms with E-state index in [-0.39, 0.29) is 5.60 Å². The monoisotopic (exact) mass is 221 g/mol. The molecule has 0 bridgehead atoms. The number of hydrogen-bond donors (Lipinski definition) is 1. The van der Waals surface area contributed by atoms with Crippen molar-refractivity contribution in [1.29, 1.82) is 0 Å². The van der Waals surface area contributed by atoms with Crippen LogP contribution in [0.4, 0.5) is 5.82 Å². The number of aryl methyl sites for hydroxylation is 2. The fraction of sp³-hybridized carbons (Fsp3) is 0.667. The molecule has 0 spiro atoms. The lowest BCUT2D eigenvalue weighted by molar-refractivity contribution is -0.0601. The molecule has 1 aromatic rings. The lowest BCUT2D eigenvalue weighted by Crippen LogP contribution is -2.45. The van der Waals surface area contributed by atoms with Crippen molar-refractivity contribution in [3.05, 3.63) is 17.6 Å². The first-order valence-electron chi connectivity index (χ1n) is 5.75. The summed E-state index contributed by atoms with van der Waals surface area (Å²) in [6.07, 6.45) is 3.54. The van der Waals surface area contributed by atoms with E-state index in [4.69, 9.17) is 4.74 Å². The fourth-order valence-electron chi connectivity index (χ4n) is 2.08. The van der Waals surface area contributed by atoms with Gasteiger partial charge in [0.05, 0.1) is 5.60 Å². The summed E-state index contributed by atoms with van der Waals surface area (Å²) in [5.41, 5.74) is 1.03. The molecule has 0 aliphatic heterocycles. The summed E-state index contributed by atoms with van der Waals surface area (Å²) < 4.78 is 5.55. The first-order valence-corrected chi connectivity index (χ1v) is 5.75. The summed E-state index contributed by atoms with van der Waals surface area (Å²) >= 11 is 0. The number of methoxy groups -OCH3 is 1. The SMILES string of the molecule is COC1(CNc2cc(C)nc(C)n2)CCC1. The summed E-state index contributed by atoms with van der Waals surface area (Å²) in [6.45, 7) is 4.72. The molecule has 4 heteroatoms. The summed E-state index contributed by atoms with van der Waals surface area (Å²) in [5.74, 6) is 1.70. The van der Waals surface area contributed by atoms with Crippen LogP contribution in [0, 0.1) is 13.8 Å². The highest BCUT2D eigenvalue weighted by molar-refractivity contribution is 5.36. The van der Waals surface area contributed by atoms with Crippen molar-refractivity contribution in [2.45, 2.75) is 38.7 Å². The number of rotatable bonds is 4. The first-order chi connectivity index (χ1) is 7.63. The molecule has 0 saturated heterocycles. The van der Waals surface area contributed by atoms with Crippen LogP contribution in [0.25, 0.3) is 0 Å². The zero-order chi connectivity index (χ0) is 11.6. The average Bonchev–Trinajstić information content (AvgIpc) is 2.15. The van der Waals surface area contributed by atoms with Crippen LogP contribution < -0.4 is 5.32 Å². The zero-order valence-electron chi connectivity index (χ0n) is 10.2. The van der Waals surface area contributed by atoms with Crippen molar-refractivity contribution < 1.29 is 4.74 Å². The molecule has 1 aliphatic rings. The molecule has 1 aromatic heterocycles. The minimum Gasteiger partial charge on any atom is -0.376 e. The molecule has 0 amide bonds. The van der Waals surface area contributed by atoms with E-state index >= 15 is 0 Å². The Bertz CT molecular complexity index is 349. The van der Waals surface area contributed by atoms with Gasteiger partial charge in [-0.3, -0.25) is 0 Å². The Morgan fingerprint density at radius 3 is 2.62 bits per heavy atom. The molecule has 1 heterocycles. The lowest BCUT2D eigenvalue weighted by atomic mass is 9.80. The largest absolute Gasteiger partial charge is 0.376 e. The predicted octanol–water partition coefficient (Wildman–Crippen LogP) is 2.07. The maximum absolute atomic E-state index is 5.55. The summed E-state index contributed by atoms with van der Waals surface area (Å²) in [4.78, 5) is 8.60. The number of nitrogens with one attached hydrogen (secondary N) is 1. The Hall–Kier alpha value is -1.16. The third-order valence-electron chi connectivity index (χ3n) is 3.26. The Morgan fingerprint density at radius 2 is 2.12 bits per heavy atom. The van der Waals surface area contributed by atoms with E-state index in [1.54, 1.807) is 7.11 Å². The van der Waals surface area contributed by atoms with Crippen LogP contribution >= 0.6 is 0 Å². The van der Waals surface area contributed by atoms with Gasteiger partial charge < -0.3 is 10.1 Å². The van der Waals surface area contributed by atoms with E-state index in [0.29, 0.717) is 0 Å². The number of aromatic nitrogens is 2. The van der Waals surface area contributed by atoms with Crippen LogP contribution in [0.5, 0.6) is 0 Å². The number of ether oxygens (including phenoxy) is 1. The van der Waals surface area contributed by atoms with Crippen LogP contribution in [0.3, 0.4) is 0 Å². The van der Waals surface area contributed by atoms with Gasteiger partial charge in [0.2, 0.25) is 0 Å². The molecule has 2 rings (SSSR count). The lowest BCUT2D eigenvalue weighted by Gasteiger charge is -2.40. The van der Waals surface area contributed by atoms with E-state index in [0.717, 1.165) is 36.7 Å². The molecule has 16 heavy (non-hydrogen) atoms. The van der Waals surface area contributed by atoms with E-state index < -0.39 is 0 Å². The third-order valence-corrected chi connectivity index (χ3v) is 3.26. The molecular formula is C12H19N3O. The Morgan fingerprint density at radius 1 is 1.38 bits per heavy atom. The molecule has 1 N–H and O–H groups in total. The van der Waals surface area contributed by atoms with Crippen molar-refractivity contribution in [3.8, 4) is 0 Å². The second-order valence-electron chi connectivity index (χ2n) is 4.54. The van der Waals surface area contributed by atoms with Gasteiger partial charge in [0.15, 0.2) is 0 Å². The minimum atomic E-state index is 0.0345. The van der Waals surface area contributed by atoms with Gasteiger partial charge in [0.25, 0.3) is 0 Å². The Balaban J connectivity index is 1.98. The molecule has 0 atom stereocenters. The molecule has 0 aromatic carbocycles. The molecule has 1 fully saturated rings. The minimum absolute atomic E-state index is 0.0345. The van der Waals surface area contributed by atoms with Crippen LogP contribution in [-0.2, 0) is 4.74 Å². The molecule has 0 unspecified atom stereocenters. The third kappa shape index (κ3) is 2.32. The number of nitrogens with zero attached hydrogens (tertiary/aromatic N) is 2. The van der Waals surface area contributed by atoms with Crippen LogP contribution in [0.15, 0.2) is 6.07 Å². The van der Waals surface area contributed by atoms with Gasteiger partial charge in [-0.05, 0) is 33.1 Å². The summed E-state index contributed by atoms with van der Waals surface area (Å²) in [7, 11) is 1.79. The van der Waals surface area contributed by atoms with Crippen molar-refractivity contribution in [2.24, 2.45) is 0 Å². The summed E-state index contributed by atoms with van der Waals surface area (Å²) in [5, 5.41) is 3.34. The second-order valence-corrected chi connectivity index (χ2v) is 4.54. The van der Waals surface area contributed by atoms with Crippen molar-refractivity contribution in [1.82, 2.24) is 9.97 Å². The molecule has 88 valence electrons. The van der Waals surface area contributed by atoms with Crippen LogP contribution in [-0.4, -0.2) is 29.2 Å². The Kier molecular flexibility index (Phi) is 3.10. The smallest absolute Gasteiger partial charge is 0.130 e. The molecule has 4 nitrogen and oxygen atoms in total. The van der Waals surface area contributed by atoms with Crippen molar-refractivity contribution in [2.75, 3.05) is 19.0 Å². The van der Waals surface area contributed by atoms with Gasteiger partial charge in [0, 0.05) is 25.4 Å². The molecule has 0 radical (unpaired) electrons. The predicted molar refractivity (Wildman–Crippen MR) is 63.6 cm³/mol. The van der Waals surface area contributed by atoms with Gasteiger partial charge >= 0.3 is 0 Å². The van der Waals surface area contributed by atoms with Gasteiger partial charge in [-0.15, -0.1) is 0 Å². The quantitative estimate of drug-likeness (QED) is 0.845. The van der Waals surface area contributed by atoms with Crippen molar-refractivity contribution in [3.63, 3.8) is 0 Å². The van der Waals surface area contributed by atoms with Crippen molar-refractivity contribution >= 4 is 5.82 Å². The normalized spacial score (nSPS) is 17.9. The van der Waals surface area contributed by atoms with Gasteiger partial charge in [-0.1, -0.05) is 0 Å².